The minimum absolute atomic E-state index is 0.143. The summed E-state index contributed by atoms with van der Waals surface area (Å²) in [6.45, 7) is 3.21. The van der Waals surface area contributed by atoms with Crippen molar-refractivity contribution < 1.29 is 13.2 Å². The van der Waals surface area contributed by atoms with Crippen LogP contribution in [0.3, 0.4) is 0 Å². The van der Waals surface area contributed by atoms with E-state index in [0.717, 1.165) is 18.7 Å². The van der Waals surface area contributed by atoms with Gasteiger partial charge in [-0.2, -0.15) is 24.9 Å². The Kier molecular flexibility index (Phi) is 8.30. The van der Waals surface area contributed by atoms with Crippen molar-refractivity contribution in [3.05, 3.63) is 0 Å². The van der Waals surface area contributed by atoms with Crippen molar-refractivity contribution in [3.8, 4) is 0 Å². The van der Waals surface area contributed by atoms with Crippen molar-refractivity contribution in [2.24, 2.45) is 5.73 Å². The second-order valence-electron chi connectivity index (χ2n) is 4.94. The zero-order chi connectivity index (χ0) is 14.2. The third kappa shape index (κ3) is 7.48. The quantitative estimate of drug-likeness (QED) is 0.660. The van der Waals surface area contributed by atoms with Gasteiger partial charge in [-0.05, 0) is 51.8 Å². The minimum atomic E-state index is -4.06. The highest BCUT2D eigenvalue weighted by atomic mass is 32.2. The lowest BCUT2D eigenvalue weighted by molar-refractivity contribution is -0.136. The molecular formula is C12H25F3N2S. The Bertz CT molecular complexity index is 224. The number of nitrogens with two attached hydrogens (primary N) is 1. The van der Waals surface area contributed by atoms with Gasteiger partial charge in [0.25, 0.3) is 0 Å². The van der Waals surface area contributed by atoms with Crippen molar-refractivity contribution in [1.29, 1.82) is 0 Å². The van der Waals surface area contributed by atoms with E-state index in [1.165, 1.54) is 0 Å². The number of alkyl halides is 3. The van der Waals surface area contributed by atoms with Gasteiger partial charge in [0.1, 0.15) is 0 Å². The van der Waals surface area contributed by atoms with E-state index < -0.39 is 12.6 Å². The maximum Gasteiger partial charge on any atom is 0.389 e. The van der Waals surface area contributed by atoms with Gasteiger partial charge in [-0.1, -0.05) is 0 Å². The number of hydrogen-bond acceptors (Lipinski definition) is 3. The highest BCUT2D eigenvalue weighted by Crippen LogP contribution is 2.26. The Morgan fingerprint density at radius 2 is 1.78 bits per heavy atom. The van der Waals surface area contributed by atoms with E-state index >= 15 is 0 Å². The Labute approximate surface area is 112 Å². The molecule has 1 unspecified atom stereocenters. The van der Waals surface area contributed by atoms with Crippen LogP contribution in [-0.4, -0.2) is 48.8 Å². The standard InChI is InChI=1S/C12H25F3N2S/c1-11(10-16,6-4-7-12(13,14)15)17(2)8-5-9-18-3/h4-10,16H2,1-3H3. The first-order chi connectivity index (χ1) is 8.25. The fraction of sp³-hybridized carbons (Fsp3) is 1.00. The minimum Gasteiger partial charge on any atom is -0.329 e. The van der Waals surface area contributed by atoms with E-state index in [9.17, 15) is 13.2 Å². The summed E-state index contributed by atoms with van der Waals surface area (Å²) in [7, 11) is 1.95. The third-order valence-electron chi connectivity index (χ3n) is 3.38. The van der Waals surface area contributed by atoms with Crippen LogP contribution in [0.1, 0.15) is 32.6 Å². The lowest BCUT2D eigenvalue weighted by Gasteiger charge is -2.38. The molecule has 110 valence electrons. The summed E-state index contributed by atoms with van der Waals surface area (Å²) < 4.78 is 36.4. The summed E-state index contributed by atoms with van der Waals surface area (Å²) in [5, 5.41) is 0. The maximum absolute atomic E-state index is 12.1. The number of rotatable bonds is 9. The average Bonchev–Trinajstić information content (AvgIpc) is 2.27. The van der Waals surface area contributed by atoms with Gasteiger partial charge < -0.3 is 5.73 Å². The zero-order valence-corrected chi connectivity index (χ0v) is 12.3. The van der Waals surface area contributed by atoms with Crippen LogP contribution >= 0.6 is 11.8 Å². The zero-order valence-electron chi connectivity index (χ0n) is 11.5. The first kappa shape index (κ1) is 18.1. The van der Waals surface area contributed by atoms with Gasteiger partial charge >= 0.3 is 6.18 Å². The smallest absolute Gasteiger partial charge is 0.329 e. The Morgan fingerprint density at radius 1 is 1.17 bits per heavy atom. The molecule has 2 nitrogen and oxygen atoms in total. The number of thioether (sulfide) groups is 1. The lowest BCUT2D eigenvalue weighted by atomic mass is 9.93. The fourth-order valence-electron chi connectivity index (χ4n) is 1.83. The van der Waals surface area contributed by atoms with E-state index in [-0.39, 0.29) is 12.0 Å². The summed E-state index contributed by atoms with van der Waals surface area (Å²) in [6.07, 6.45) is -1.07. The summed E-state index contributed by atoms with van der Waals surface area (Å²) in [5.41, 5.74) is 5.40. The van der Waals surface area contributed by atoms with Crippen LogP contribution in [0.4, 0.5) is 13.2 Å². The van der Waals surface area contributed by atoms with Gasteiger partial charge in [-0.3, -0.25) is 4.90 Å². The Hall–Kier alpha value is 0.0600. The van der Waals surface area contributed by atoms with E-state index in [2.05, 4.69) is 4.90 Å². The van der Waals surface area contributed by atoms with E-state index in [4.69, 9.17) is 5.73 Å². The molecule has 18 heavy (non-hydrogen) atoms. The molecule has 6 heteroatoms. The van der Waals surface area contributed by atoms with Gasteiger partial charge in [0, 0.05) is 18.5 Å². The Balaban J connectivity index is 4.15. The molecule has 0 radical (unpaired) electrons. The highest BCUT2D eigenvalue weighted by Gasteiger charge is 2.31. The summed E-state index contributed by atoms with van der Waals surface area (Å²) >= 11 is 1.78. The van der Waals surface area contributed by atoms with Crippen molar-refractivity contribution in [2.75, 3.05) is 32.1 Å². The number of likely N-dealkylation sites (N-methyl/N-ethyl adjacent to an activating group) is 1. The molecule has 1 atom stereocenters. The molecule has 2 N–H and O–H groups in total. The van der Waals surface area contributed by atoms with Crippen molar-refractivity contribution in [3.63, 3.8) is 0 Å². The van der Waals surface area contributed by atoms with Crippen LogP contribution in [-0.2, 0) is 0 Å². The van der Waals surface area contributed by atoms with Crippen LogP contribution in [0.25, 0.3) is 0 Å². The molecule has 0 aliphatic heterocycles. The molecular weight excluding hydrogens is 261 g/mol. The molecule has 0 aliphatic carbocycles. The molecule has 0 aromatic carbocycles. The molecule has 0 aliphatic rings. The van der Waals surface area contributed by atoms with Crippen LogP contribution in [0.2, 0.25) is 0 Å². The number of halogens is 3. The summed E-state index contributed by atoms with van der Waals surface area (Å²) in [4.78, 5) is 2.10. The normalized spacial score (nSPS) is 16.0. The predicted molar refractivity (Wildman–Crippen MR) is 73.0 cm³/mol. The number of nitrogens with zero attached hydrogens (tertiary/aromatic N) is 1. The van der Waals surface area contributed by atoms with E-state index in [0.29, 0.717) is 13.0 Å². The molecule has 0 aromatic rings. The third-order valence-corrected chi connectivity index (χ3v) is 4.08. The van der Waals surface area contributed by atoms with Gasteiger partial charge in [-0.15, -0.1) is 0 Å². The second kappa shape index (κ2) is 8.27. The average molecular weight is 286 g/mol. The van der Waals surface area contributed by atoms with Gasteiger partial charge in [-0.25, -0.2) is 0 Å². The Morgan fingerprint density at radius 3 is 2.22 bits per heavy atom. The second-order valence-corrected chi connectivity index (χ2v) is 5.92. The van der Waals surface area contributed by atoms with Crippen LogP contribution in [0.5, 0.6) is 0 Å². The van der Waals surface area contributed by atoms with Crippen LogP contribution in [0.15, 0.2) is 0 Å². The molecule has 0 bridgehead atoms. The van der Waals surface area contributed by atoms with Gasteiger partial charge in [0.2, 0.25) is 0 Å². The molecule has 0 amide bonds. The molecule has 0 spiro atoms. The summed E-state index contributed by atoms with van der Waals surface area (Å²) in [5.74, 6) is 1.06. The van der Waals surface area contributed by atoms with Crippen LogP contribution in [0, 0.1) is 0 Å². The van der Waals surface area contributed by atoms with Crippen molar-refractivity contribution >= 4 is 11.8 Å². The van der Waals surface area contributed by atoms with Crippen molar-refractivity contribution in [2.45, 2.75) is 44.3 Å². The van der Waals surface area contributed by atoms with Crippen molar-refractivity contribution in [1.82, 2.24) is 4.90 Å². The lowest BCUT2D eigenvalue weighted by Crippen LogP contribution is -2.50. The molecule has 0 saturated carbocycles. The van der Waals surface area contributed by atoms with E-state index in [1.54, 1.807) is 11.8 Å². The van der Waals surface area contributed by atoms with E-state index in [1.807, 2.05) is 20.2 Å². The van der Waals surface area contributed by atoms with Gasteiger partial charge in [0.05, 0.1) is 0 Å². The first-order valence-electron chi connectivity index (χ1n) is 6.22. The SMILES string of the molecule is CSCCCN(C)C(C)(CN)CCCC(F)(F)F. The predicted octanol–water partition coefficient (Wildman–Crippen LogP) is 3.12. The molecule has 0 fully saturated rings. The molecule has 0 saturated heterocycles. The molecule has 0 aromatic heterocycles. The van der Waals surface area contributed by atoms with Gasteiger partial charge in [0.15, 0.2) is 0 Å². The monoisotopic (exact) mass is 286 g/mol. The fourth-order valence-corrected chi connectivity index (χ4v) is 2.25. The maximum atomic E-state index is 12.1. The summed E-state index contributed by atoms with van der Waals surface area (Å²) in [6, 6.07) is 0. The first-order valence-corrected chi connectivity index (χ1v) is 7.61. The molecule has 0 heterocycles. The molecule has 0 rings (SSSR count). The largest absolute Gasteiger partial charge is 0.389 e. The topological polar surface area (TPSA) is 29.3 Å². The van der Waals surface area contributed by atoms with Crippen LogP contribution < -0.4 is 5.73 Å². The number of hydrogen-bond donors (Lipinski definition) is 1. The highest BCUT2D eigenvalue weighted by molar-refractivity contribution is 7.98.